The van der Waals surface area contributed by atoms with E-state index >= 15 is 0 Å². The van der Waals surface area contributed by atoms with E-state index in [-0.39, 0.29) is 5.91 Å². The van der Waals surface area contributed by atoms with Crippen molar-refractivity contribution < 1.29 is 14.3 Å². The lowest BCUT2D eigenvalue weighted by Crippen LogP contribution is -2.18. The number of ether oxygens (including phenoxy) is 2. The highest BCUT2D eigenvalue weighted by Crippen LogP contribution is 2.36. The maximum Gasteiger partial charge on any atom is 0.271 e. The zero-order chi connectivity index (χ0) is 18.9. The van der Waals surface area contributed by atoms with Gasteiger partial charge in [-0.25, -0.2) is 5.43 Å². The second-order valence-corrected chi connectivity index (χ2v) is 6.48. The molecule has 0 aliphatic carbocycles. The number of aryl methyl sites for hydroxylation is 1. The van der Waals surface area contributed by atoms with E-state index in [9.17, 15) is 4.79 Å². The predicted molar refractivity (Wildman–Crippen MR) is 107 cm³/mol. The van der Waals surface area contributed by atoms with Gasteiger partial charge < -0.3 is 9.47 Å². The van der Waals surface area contributed by atoms with E-state index in [2.05, 4.69) is 26.5 Å². The van der Waals surface area contributed by atoms with Gasteiger partial charge >= 0.3 is 0 Å². The quantitative estimate of drug-likeness (QED) is 0.498. The first kappa shape index (κ1) is 20.0. The molecule has 2 rings (SSSR count). The van der Waals surface area contributed by atoms with E-state index < -0.39 is 0 Å². The van der Waals surface area contributed by atoms with Gasteiger partial charge in [0, 0.05) is 5.56 Å². The Labute approximate surface area is 162 Å². The van der Waals surface area contributed by atoms with Gasteiger partial charge in [-0.15, -0.1) is 0 Å². The standard InChI is InChI=1S/C20H23BrN2O3/c1-4-10-26-19-17(21)11-15(12-18(19)25-5-2)13-22-23-20(24)16-9-7-6-8-14(16)3/h6-9,11-13H,4-5,10H2,1-3H3,(H,23,24)/b22-13-. The van der Waals surface area contributed by atoms with Crippen molar-refractivity contribution in [3.8, 4) is 11.5 Å². The average Bonchev–Trinajstić information content (AvgIpc) is 2.61. The Bertz CT molecular complexity index is 791. The number of hydrogen-bond acceptors (Lipinski definition) is 4. The summed E-state index contributed by atoms with van der Waals surface area (Å²) in [5.74, 6) is 1.07. The maximum absolute atomic E-state index is 12.2. The molecular weight excluding hydrogens is 396 g/mol. The van der Waals surface area contributed by atoms with Gasteiger partial charge in [0.1, 0.15) is 0 Å². The monoisotopic (exact) mass is 418 g/mol. The lowest BCUT2D eigenvalue weighted by Gasteiger charge is -2.14. The summed E-state index contributed by atoms with van der Waals surface area (Å²) in [4.78, 5) is 12.2. The van der Waals surface area contributed by atoms with Gasteiger partial charge in [-0.1, -0.05) is 25.1 Å². The molecule has 0 unspecified atom stereocenters. The Morgan fingerprint density at radius 1 is 1.23 bits per heavy atom. The van der Waals surface area contributed by atoms with Gasteiger partial charge in [0.05, 0.1) is 23.9 Å². The van der Waals surface area contributed by atoms with Gasteiger partial charge in [-0.05, 0) is 65.5 Å². The van der Waals surface area contributed by atoms with Crippen molar-refractivity contribution in [2.75, 3.05) is 13.2 Å². The lowest BCUT2D eigenvalue weighted by molar-refractivity contribution is 0.0954. The van der Waals surface area contributed by atoms with Gasteiger partial charge in [0.25, 0.3) is 5.91 Å². The van der Waals surface area contributed by atoms with Crippen LogP contribution in [0.2, 0.25) is 0 Å². The summed E-state index contributed by atoms with van der Waals surface area (Å²) >= 11 is 3.51. The summed E-state index contributed by atoms with van der Waals surface area (Å²) in [5.41, 5.74) is 4.84. The summed E-state index contributed by atoms with van der Waals surface area (Å²) in [6.45, 7) is 6.99. The van der Waals surface area contributed by atoms with Gasteiger partial charge in [0.2, 0.25) is 0 Å². The van der Waals surface area contributed by atoms with Crippen LogP contribution < -0.4 is 14.9 Å². The molecule has 5 nitrogen and oxygen atoms in total. The number of carbonyl (C=O) groups excluding carboxylic acids is 1. The first-order valence-electron chi connectivity index (χ1n) is 8.55. The molecule has 1 N–H and O–H groups in total. The fraction of sp³-hybridized carbons (Fsp3) is 0.300. The Kier molecular flexibility index (Phi) is 7.66. The minimum atomic E-state index is -0.244. The van der Waals surface area contributed by atoms with Crippen molar-refractivity contribution in [2.45, 2.75) is 27.2 Å². The first-order chi connectivity index (χ1) is 12.6. The Morgan fingerprint density at radius 2 is 2.00 bits per heavy atom. The number of amides is 1. The number of hydrazone groups is 1. The van der Waals surface area contributed by atoms with Gasteiger partial charge in [-0.3, -0.25) is 4.79 Å². The molecule has 1 amide bonds. The second kappa shape index (κ2) is 9.97. The van der Waals surface area contributed by atoms with Crippen molar-refractivity contribution in [1.29, 1.82) is 0 Å². The zero-order valence-corrected chi connectivity index (χ0v) is 16.8. The van der Waals surface area contributed by atoms with Crippen LogP contribution in [0, 0.1) is 6.92 Å². The van der Waals surface area contributed by atoms with Crippen LogP contribution in [-0.2, 0) is 0 Å². The molecule has 0 saturated heterocycles. The van der Waals surface area contributed by atoms with Crippen LogP contribution in [0.4, 0.5) is 0 Å². The molecule has 0 atom stereocenters. The molecule has 2 aromatic carbocycles. The van der Waals surface area contributed by atoms with Crippen molar-refractivity contribution in [3.63, 3.8) is 0 Å². The number of rotatable bonds is 8. The maximum atomic E-state index is 12.2. The fourth-order valence-electron chi connectivity index (χ4n) is 2.32. The number of carbonyl (C=O) groups is 1. The normalized spacial score (nSPS) is 10.8. The minimum Gasteiger partial charge on any atom is -0.490 e. The fourth-order valence-corrected chi connectivity index (χ4v) is 2.90. The van der Waals surface area contributed by atoms with E-state index in [1.54, 1.807) is 12.3 Å². The molecule has 0 aromatic heterocycles. The van der Waals surface area contributed by atoms with E-state index in [4.69, 9.17) is 9.47 Å². The van der Waals surface area contributed by atoms with Crippen molar-refractivity contribution in [2.24, 2.45) is 5.10 Å². The zero-order valence-electron chi connectivity index (χ0n) is 15.2. The van der Waals surface area contributed by atoms with E-state index in [0.717, 1.165) is 22.0 Å². The average molecular weight is 419 g/mol. The molecular formula is C20H23BrN2O3. The molecule has 0 bridgehead atoms. The van der Waals surface area contributed by atoms with Gasteiger partial charge in [0.15, 0.2) is 11.5 Å². The van der Waals surface area contributed by atoms with E-state index in [0.29, 0.717) is 30.3 Å². The number of hydrogen-bond donors (Lipinski definition) is 1. The summed E-state index contributed by atoms with van der Waals surface area (Å²) in [5, 5.41) is 4.05. The van der Waals surface area contributed by atoms with Crippen molar-refractivity contribution in [1.82, 2.24) is 5.43 Å². The number of benzene rings is 2. The van der Waals surface area contributed by atoms with E-state index in [1.807, 2.05) is 51.1 Å². The summed E-state index contributed by atoms with van der Waals surface area (Å²) in [6, 6.07) is 11.1. The largest absolute Gasteiger partial charge is 0.490 e. The molecule has 0 saturated carbocycles. The highest BCUT2D eigenvalue weighted by atomic mass is 79.9. The predicted octanol–water partition coefficient (Wildman–Crippen LogP) is 4.71. The molecule has 0 radical (unpaired) electrons. The minimum absolute atomic E-state index is 0.244. The molecule has 0 spiro atoms. The highest BCUT2D eigenvalue weighted by molar-refractivity contribution is 9.10. The van der Waals surface area contributed by atoms with Crippen LogP contribution in [0.1, 0.15) is 41.8 Å². The number of nitrogens with one attached hydrogen (secondary N) is 1. The molecule has 138 valence electrons. The SMILES string of the molecule is CCCOc1c(Br)cc(/C=N\NC(=O)c2ccccc2C)cc1OCC. The third kappa shape index (κ3) is 5.33. The smallest absolute Gasteiger partial charge is 0.271 e. The van der Waals surface area contributed by atoms with Crippen LogP contribution in [0.15, 0.2) is 46.0 Å². The van der Waals surface area contributed by atoms with Crippen LogP contribution in [-0.4, -0.2) is 25.3 Å². The summed E-state index contributed by atoms with van der Waals surface area (Å²) < 4.78 is 12.2. The van der Waals surface area contributed by atoms with Crippen LogP contribution in [0.3, 0.4) is 0 Å². The first-order valence-corrected chi connectivity index (χ1v) is 9.34. The molecule has 26 heavy (non-hydrogen) atoms. The number of nitrogens with zero attached hydrogens (tertiary/aromatic N) is 1. The van der Waals surface area contributed by atoms with Crippen molar-refractivity contribution in [3.05, 3.63) is 57.6 Å². The lowest BCUT2D eigenvalue weighted by atomic mass is 10.1. The van der Waals surface area contributed by atoms with Crippen LogP contribution in [0.25, 0.3) is 0 Å². The topological polar surface area (TPSA) is 59.9 Å². The number of halogens is 1. The molecule has 0 aliphatic heterocycles. The summed E-state index contributed by atoms with van der Waals surface area (Å²) in [6.07, 6.45) is 2.49. The molecule has 6 heteroatoms. The van der Waals surface area contributed by atoms with E-state index in [1.165, 1.54) is 0 Å². The highest BCUT2D eigenvalue weighted by Gasteiger charge is 2.12. The second-order valence-electron chi connectivity index (χ2n) is 5.63. The molecule has 0 heterocycles. The Balaban J connectivity index is 2.14. The molecule has 0 aliphatic rings. The Morgan fingerprint density at radius 3 is 2.69 bits per heavy atom. The summed E-state index contributed by atoms with van der Waals surface area (Å²) in [7, 11) is 0. The van der Waals surface area contributed by atoms with Crippen LogP contribution >= 0.6 is 15.9 Å². The Hall–Kier alpha value is -2.34. The third-order valence-electron chi connectivity index (χ3n) is 3.55. The third-order valence-corrected chi connectivity index (χ3v) is 4.14. The van der Waals surface area contributed by atoms with Crippen LogP contribution in [0.5, 0.6) is 11.5 Å². The van der Waals surface area contributed by atoms with Gasteiger partial charge in [-0.2, -0.15) is 5.10 Å². The molecule has 2 aromatic rings. The van der Waals surface area contributed by atoms with Crippen molar-refractivity contribution >= 4 is 28.1 Å². The molecule has 0 fully saturated rings.